The van der Waals surface area contributed by atoms with Gasteiger partial charge in [-0.15, -0.1) is 0 Å². The Morgan fingerprint density at radius 1 is 0.273 bits per heavy atom. The molecule has 4 amide bonds. The quantitative estimate of drug-likeness (QED) is 0.0491. The topological polar surface area (TPSA) is 74.8 Å². The highest BCUT2D eigenvalue weighted by atomic mass is 16.2. The van der Waals surface area contributed by atoms with Crippen molar-refractivity contribution >= 4 is 34.4 Å². The lowest BCUT2D eigenvalue weighted by molar-refractivity contribution is 0.0495. The van der Waals surface area contributed by atoms with Crippen LogP contribution < -0.4 is 0 Å². The van der Waals surface area contributed by atoms with Gasteiger partial charge < -0.3 is 0 Å². The van der Waals surface area contributed by atoms with Crippen LogP contribution in [0.2, 0.25) is 0 Å². The number of hydrogen-bond acceptors (Lipinski definition) is 4. The fourth-order valence-corrected chi connectivity index (χ4v) is 11.1. The van der Waals surface area contributed by atoms with Gasteiger partial charge in [0, 0.05) is 45.1 Å². The zero-order valence-corrected chi connectivity index (χ0v) is 43.3. The normalized spacial score (nSPS) is 13.8. The van der Waals surface area contributed by atoms with Crippen molar-refractivity contribution in [3.63, 3.8) is 0 Å². The monoisotopic (exact) mass is 911 g/mol. The number of rotatable bonds is 42. The molecule has 0 unspecified atom stereocenters. The van der Waals surface area contributed by atoms with Gasteiger partial charge >= 0.3 is 0 Å². The van der Waals surface area contributed by atoms with Crippen LogP contribution >= 0.6 is 0 Å². The van der Waals surface area contributed by atoms with Crippen molar-refractivity contribution in [2.75, 3.05) is 0 Å². The van der Waals surface area contributed by atoms with E-state index in [0.29, 0.717) is 33.0 Å². The zero-order valence-electron chi connectivity index (χ0n) is 43.3. The highest BCUT2D eigenvalue weighted by Crippen LogP contribution is 2.40. The summed E-state index contributed by atoms with van der Waals surface area (Å²) in [6.45, 7) is 9.04. The summed E-state index contributed by atoms with van der Waals surface area (Å²) in [5.74, 6) is -1.04. The molecule has 4 rings (SSSR count). The summed E-state index contributed by atoms with van der Waals surface area (Å²) in [4.78, 5) is 61.9. The standard InChI is InChI=1S/C60H98N2O4/c1-5-9-13-17-21-25-29-33-37-41-49(42-38-34-30-26-22-18-14-10-6-2)61-57(63)51-45-47-53-56-54(48-46-52(55(51)56)58(61)64)60(66)62(59(53)65)50(43-39-35-31-27-23-19-15-11-7-3)44-40-36-32-28-24-20-16-12-8-4/h45-50H,5-44H2,1-4H3. The van der Waals surface area contributed by atoms with Gasteiger partial charge in [-0.1, -0.05) is 259 Å². The molecular formula is C60H98N2O4. The molecule has 0 spiro atoms. The van der Waals surface area contributed by atoms with Gasteiger partial charge in [-0.2, -0.15) is 0 Å². The minimum absolute atomic E-state index is 0.156. The first-order valence-corrected chi connectivity index (χ1v) is 28.8. The summed E-state index contributed by atoms with van der Waals surface area (Å²) < 4.78 is 0. The molecular weight excluding hydrogens is 813 g/mol. The molecule has 6 heteroatoms. The summed E-state index contributed by atoms with van der Waals surface area (Å²) >= 11 is 0. The molecule has 0 bridgehead atoms. The number of nitrogens with zero attached hydrogens (tertiary/aromatic N) is 2. The van der Waals surface area contributed by atoms with Crippen LogP contribution in [0.25, 0.3) is 10.8 Å². The third-order valence-electron chi connectivity index (χ3n) is 15.3. The lowest BCUT2D eigenvalue weighted by Gasteiger charge is -2.37. The molecule has 0 fully saturated rings. The minimum atomic E-state index is -0.260. The molecule has 0 radical (unpaired) electrons. The van der Waals surface area contributed by atoms with Crippen LogP contribution in [0.4, 0.5) is 0 Å². The maximum atomic E-state index is 14.7. The van der Waals surface area contributed by atoms with Gasteiger partial charge in [-0.3, -0.25) is 29.0 Å². The predicted octanol–water partition coefficient (Wildman–Crippen LogP) is 18.5. The Morgan fingerprint density at radius 2 is 0.439 bits per heavy atom. The van der Waals surface area contributed by atoms with E-state index in [0.717, 1.165) is 77.0 Å². The second-order valence-electron chi connectivity index (χ2n) is 20.8. The van der Waals surface area contributed by atoms with Gasteiger partial charge in [-0.05, 0) is 49.9 Å². The highest BCUT2D eigenvalue weighted by Gasteiger charge is 2.43. The summed E-state index contributed by atoms with van der Waals surface area (Å²) in [5, 5.41) is 1.02. The van der Waals surface area contributed by atoms with E-state index in [1.54, 1.807) is 34.1 Å². The number of carbonyl (C=O) groups is 4. The second kappa shape index (κ2) is 33.5. The smallest absolute Gasteiger partial charge is 0.261 e. The number of imide groups is 2. The molecule has 2 aliphatic heterocycles. The maximum absolute atomic E-state index is 14.7. The highest BCUT2D eigenvalue weighted by molar-refractivity contribution is 6.33. The predicted molar refractivity (Wildman–Crippen MR) is 280 cm³/mol. The van der Waals surface area contributed by atoms with Gasteiger partial charge in [0.25, 0.3) is 23.6 Å². The number of amides is 4. The fraction of sp³-hybridized carbons (Fsp3) is 0.767. The lowest BCUT2D eigenvalue weighted by Crippen LogP contribution is -2.49. The van der Waals surface area contributed by atoms with Crippen molar-refractivity contribution in [1.82, 2.24) is 9.80 Å². The van der Waals surface area contributed by atoms with E-state index < -0.39 is 0 Å². The van der Waals surface area contributed by atoms with Crippen LogP contribution in [-0.2, 0) is 0 Å². The largest absolute Gasteiger partial charge is 0.271 e. The van der Waals surface area contributed by atoms with Crippen molar-refractivity contribution in [2.45, 2.75) is 297 Å². The van der Waals surface area contributed by atoms with E-state index in [-0.39, 0.29) is 35.7 Å². The van der Waals surface area contributed by atoms with Crippen molar-refractivity contribution in [3.05, 3.63) is 46.5 Å². The first-order chi connectivity index (χ1) is 32.4. The van der Waals surface area contributed by atoms with Crippen LogP contribution in [0.3, 0.4) is 0 Å². The Balaban J connectivity index is 1.48. The fourth-order valence-electron chi connectivity index (χ4n) is 11.1. The Hall–Kier alpha value is -3.02. The second-order valence-corrected chi connectivity index (χ2v) is 20.8. The van der Waals surface area contributed by atoms with E-state index in [1.807, 2.05) is 0 Å². The number of hydrogen-bond donors (Lipinski definition) is 0. The SMILES string of the molecule is CCCCCCCCCCCC(CCCCCCCCCCC)N1C(=O)c2ccc3c4c(ccc(c24)C1=O)C(=O)N(C(CCCCCCCCCCC)CCCCCCCCCCC)C3=O. The average molecular weight is 911 g/mol. The third-order valence-corrected chi connectivity index (χ3v) is 15.3. The van der Waals surface area contributed by atoms with E-state index in [1.165, 1.54) is 180 Å². The first-order valence-electron chi connectivity index (χ1n) is 28.8. The molecule has 66 heavy (non-hydrogen) atoms. The zero-order chi connectivity index (χ0) is 47.2. The minimum Gasteiger partial charge on any atom is -0.271 e. The molecule has 0 aromatic heterocycles. The number of benzene rings is 2. The average Bonchev–Trinajstić information content (AvgIpc) is 3.32. The van der Waals surface area contributed by atoms with Crippen LogP contribution in [-0.4, -0.2) is 45.5 Å². The van der Waals surface area contributed by atoms with Crippen molar-refractivity contribution < 1.29 is 19.2 Å². The molecule has 0 saturated carbocycles. The van der Waals surface area contributed by atoms with Gasteiger partial charge in [-0.25, -0.2) is 0 Å². The van der Waals surface area contributed by atoms with Gasteiger partial charge in [0.15, 0.2) is 0 Å². The van der Waals surface area contributed by atoms with Crippen LogP contribution in [0.15, 0.2) is 24.3 Å². The van der Waals surface area contributed by atoms with E-state index in [2.05, 4.69) is 27.7 Å². The van der Waals surface area contributed by atoms with Crippen molar-refractivity contribution in [1.29, 1.82) is 0 Å². The Labute approximate surface area is 405 Å². The first kappa shape index (κ1) is 55.6. The Morgan fingerprint density at radius 3 is 0.621 bits per heavy atom. The van der Waals surface area contributed by atoms with Crippen LogP contribution in [0.5, 0.6) is 0 Å². The summed E-state index contributed by atoms with van der Waals surface area (Å²) in [7, 11) is 0. The molecule has 2 heterocycles. The summed E-state index contributed by atoms with van der Waals surface area (Å²) in [6, 6.07) is 6.87. The third kappa shape index (κ3) is 17.8. The lowest BCUT2D eigenvalue weighted by atomic mass is 9.84. The molecule has 0 saturated heterocycles. The van der Waals surface area contributed by atoms with E-state index in [9.17, 15) is 19.2 Å². The molecule has 0 N–H and O–H groups in total. The maximum Gasteiger partial charge on any atom is 0.261 e. The van der Waals surface area contributed by atoms with Gasteiger partial charge in [0.2, 0.25) is 0 Å². The molecule has 0 aliphatic carbocycles. The molecule has 0 atom stereocenters. The number of unbranched alkanes of at least 4 members (excludes halogenated alkanes) is 32. The Kier molecular flexibility index (Phi) is 28.2. The molecule has 372 valence electrons. The van der Waals surface area contributed by atoms with E-state index >= 15 is 0 Å². The van der Waals surface area contributed by atoms with Gasteiger partial charge in [0.1, 0.15) is 0 Å². The van der Waals surface area contributed by atoms with Crippen molar-refractivity contribution in [3.8, 4) is 0 Å². The molecule has 2 aromatic rings. The van der Waals surface area contributed by atoms with E-state index in [4.69, 9.17) is 0 Å². The van der Waals surface area contributed by atoms with Crippen LogP contribution in [0.1, 0.15) is 326 Å². The van der Waals surface area contributed by atoms with Crippen molar-refractivity contribution in [2.24, 2.45) is 0 Å². The molecule has 6 nitrogen and oxygen atoms in total. The summed E-state index contributed by atoms with van der Waals surface area (Å²) in [5.41, 5.74) is 1.85. The molecule has 2 aromatic carbocycles. The van der Waals surface area contributed by atoms with Crippen LogP contribution in [0, 0.1) is 0 Å². The summed E-state index contributed by atoms with van der Waals surface area (Å²) in [6.07, 6.45) is 47.7. The Bertz CT molecular complexity index is 1460. The molecule has 2 aliphatic rings. The number of carbonyl (C=O) groups excluding carboxylic acids is 4. The van der Waals surface area contributed by atoms with Gasteiger partial charge in [0.05, 0.1) is 0 Å².